The van der Waals surface area contributed by atoms with Gasteiger partial charge >= 0.3 is 11.9 Å². The van der Waals surface area contributed by atoms with Crippen LogP contribution in [0.15, 0.2) is 24.3 Å². The number of nitrogens with two attached hydrogens (primary N) is 2. The highest BCUT2D eigenvalue weighted by atomic mass is 16.4. The van der Waals surface area contributed by atoms with Crippen LogP contribution in [0.3, 0.4) is 0 Å². The van der Waals surface area contributed by atoms with Gasteiger partial charge < -0.3 is 42.9 Å². The molecule has 0 radical (unpaired) electrons. The molecule has 13 heteroatoms. The Labute approximate surface area is 182 Å². The number of hydrogen-bond acceptors (Lipinski definition) is 10. The van der Waals surface area contributed by atoms with Gasteiger partial charge in [0.1, 0.15) is 11.7 Å². The fourth-order valence-electron chi connectivity index (χ4n) is 3.11. The zero-order valence-corrected chi connectivity index (χ0v) is 17.0. The van der Waals surface area contributed by atoms with Gasteiger partial charge in [0.15, 0.2) is 11.6 Å². The molecular formula is C19H24N8O5. The molecule has 0 saturated carbocycles. The normalized spacial score (nSPS) is 15.4. The van der Waals surface area contributed by atoms with Gasteiger partial charge in [-0.05, 0) is 30.7 Å². The van der Waals surface area contributed by atoms with Crippen molar-refractivity contribution in [3.63, 3.8) is 0 Å². The van der Waals surface area contributed by atoms with E-state index in [1.807, 2.05) is 0 Å². The molecule has 1 aliphatic rings. The van der Waals surface area contributed by atoms with E-state index in [-0.39, 0.29) is 36.2 Å². The number of nitrogens with zero attached hydrogens (tertiary/aromatic N) is 2. The van der Waals surface area contributed by atoms with Crippen LogP contribution in [0.5, 0.6) is 0 Å². The van der Waals surface area contributed by atoms with Crippen molar-refractivity contribution in [1.29, 1.82) is 0 Å². The van der Waals surface area contributed by atoms with Crippen LogP contribution in [-0.4, -0.2) is 63.2 Å². The number of aliphatic carboxylic acids is 2. The molecule has 0 aliphatic carbocycles. The highest BCUT2D eigenvalue weighted by Crippen LogP contribution is 2.29. The molecule has 2 aromatic rings. The molecule has 13 nitrogen and oxygen atoms in total. The minimum Gasteiger partial charge on any atom is -0.481 e. The van der Waals surface area contributed by atoms with Crippen LogP contribution >= 0.6 is 0 Å². The number of carboxylic acids is 2. The molecule has 1 aliphatic heterocycles. The molecule has 1 aromatic heterocycles. The molecular weight excluding hydrogens is 420 g/mol. The van der Waals surface area contributed by atoms with Crippen molar-refractivity contribution in [1.82, 2.24) is 15.3 Å². The second-order valence-electron chi connectivity index (χ2n) is 7.17. The van der Waals surface area contributed by atoms with Crippen LogP contribution in [0, 0.1) is 0 Å². The van der Waals surface area contributed by atoms with Crippen molar-refractivity contribution in [3.8, 4) is 0 Å². The van der Waals surface area contributed by atoms with Gasteiger partial charge in [0.25, 0.3) is 5.91 Å². The zero-order valence-electron chi connectivity index (χ0n) is 17.0. The number of amides is 1. The van der Waals surface area contributed by atoms with E-state index in [1.165, 1.54) is 0 Å². The van der Waals surface area contributed by atoms with Crippen molar-refractivity contribution in [2.45, 2.75) is 24.9 Å². The van der Waals surface area contributed by atoms with Crippen molar-refractivity contribution < 1.29 is 24.6 Å². The lowest BCUT2D eigenvalue weighted by atomic mass is 10.1. The topological polar surface area (TPSA) is 218 Å². The number of carboxylic acid groups (broad SMARTS) is 2. The van der Waals surface area contributed by atoms with E-state index in [9.17, 15) is 14.4 Å². The number of benzene rings is 1. The average Bonchev–Trinajstić information content (AvgIpc) is 2.75. The van der Waals surface area contributed by atoms with Gasteiger partial charge in [0.2, 0.25) is 5.95 Å². The van der Waals surface area contributed by atoms with E-state index in [1.54, 1.807) is 24.3 Å². The Hall–Kier alpha value is -4.29. The number of carbonyl (C=O) groups excluding carboxylic acids is 1. The maximum Gasteiger partial charge on any atom is 0.326 e. The highest BCUT2D eigenvalue weighted by molar-refractivity contribution is 5.97. The Bertz CT molecular complexity index is 1010. The second kappa shape index (κ2) is 9.68. The summed E-state index contributed by atoms with van der Waals surface area (Å²) < 4.78 is 0. The molecule has 10 N–H and O–H groups in total. The Kier molecular flexibility index (Phi) is 6.77. The molecule has 0 unspecified atom stereocenters. The molecule has 2 atom stereocenters. The van der Waals surface area contributed by atoms with E-state index in [4.69, 9.17) is 21.7 Å². The van der Waals surface area contributed by atoms with Crippen LogP contribution in [0.4, 0.5) is 29.0 Å². The van der Waals surface area contributed by atoms with Gasteiger partial charge in [-0.25, -0.2) is 4.79 Å². The number of aromatic nitrogens is 2. The first kappa shape index (κ1) is 22.4. The predicted octanol–water partition coefficient (Wildman–Crippen LogP) is 0.00690. The number of anilines is 5. The van der Waals surface area contributed by atoms with E-state index in [0.717, 1.165) is 5.69 Å². The number of hydrogen-bond donors (Lipinski definition) is 8. The first-order chi connectivity index (χ1) is 15.2. The summed E-state index contributed by atoms with van der Waals surface area (Å²) in [7, 11) is 0. The Morgan fingerprint density at radius 3 is 2.53 bits per heavy atom. The Morgan fingerprint density at radius 1 is 1.16 bits per heavy atom. The summed E-state index contributed by atoms with van der Waals surface area (Å²) in [5.41, 5.74) is 13.1. The summed E-state index contributed by atoms with van der Waals surface area (Å²) in [6.07, 6.45) is -0.566. The van der Waals surface area contributed by atoms with Crippen molar-refractivity contribution in [3.05, 3.63) is 29.8 Å². The van der Waals surface area contributed by atoms with Crippen LogP contribution in [-0.2, 0) is 9.59 Å². The SMILES string of the molecule is Nc1nc(N)c2c(n1)NC[C@H](CNc1ccc(C(=O)N[C@@H](CCC(=O)O)C(=O)O)cc1)N2. The monoisotopic (exact) mass is 444 g/mol. The quantitative estimate of drug-likeness (QED) is 0.256. The summed E-state index contributed by atoms with van der Waals surface area (Å²) in [6, 6.07) is 5.16. The van der Waals surface area contributed by atoms with E-state index in [2.05, 4.69) is 31.2 Å². The third kappa shape index (κ3) is 5.65. The summed E-state index contributed by atoms with van der Waals surface area (Å²) in [5.74, 6) is -2.13. The van der Waals surface area contributed by atoms with E-state index < -0.39 is 23.9 Å². The molecule has 1 amide bonds. The van der Waals surface area contributed by atoms with Gasteiger partial charge in [0, 0.05) is 30.8 Å². The lowest BCUT2D eigenvalue weighted by Crippen LogP contribution is -2.41. The molecule has 1 aromatic carbocycles. The summed E-state index contributed by atoms with van der Waals surface area (Å²) in [4.78, 5) is 42.2. The van der Waals surface area contributed by atoms with Gasteiger partial charge in [-0.15, -0.1) is 0 Å². The van der Waals surface area contributed by atoms with Crippen LogP contribution < -0.4 is 32.7 Å². The molecule has 170 valence electrons. The standard InChI is InChI=1S/C19H24N8O5/c20-15-14-16(27-19(21)26-15)23-8-11(24-14)7-22-10-3-1-9(2-4-10)17(30)25-12(18(31)32)5-6-13(28)29/h1-4,11-12,22,24H,5-8H2,(H,25,30)(H,28,29)(H,31,32)(H5,20,21,23,26,27)/t11-,12-/m0/s1. The summed E-state index contributed by atoms with van der Waals surface area (Å²) in [5, 5.41) is 29.8. The maximum atomic E-state index is 12.3. The molecule has 0 fully saturated rings. The minimum absolute atomic E-state index is 0.0226. The zero-order chi connectivity index (χ0) is 23.3. The van der Waals surface area contributed by atoms with Gasteiger partial charge in [0.05, 0.1) is 6.04 Å². The van der Waals surface area contributed by atoms with E-state index in [0.29, 0.717) is 24.6 Å². The third-order valence-corrected chi connectivity index (χ3v) is 4.77. The first-order valence-electron chi connectivity index (χ1n) is 9.75. The molecule has 32 heavy (non-hydrogen) atoms. The predicted molar refractivity (Wildman–Crippen MR) is 117 cm³/mol. The number of fused-ring (bicyclic) bond motifs is 1. The first-order valence-corrected chi connectivity index (χ1v) is 9.75. The Balaban J connectivity index is 1.54. The molecule has 0 saturated heterocycles. The third-order valence-electron chi connectivity index (χ3n) is 4.77. The van der Waals surface area contributed by atoms with Crippen LogP contribution in [0.25, 0.3) is 0 Å². The van der Waals surface area contributed by atoms with Gasteiger partial charge in [-0.3, -0.25) is 9.59 Å². The average molecular weight is 444 g/mol. The summed E-state index contributed by atoms with van der Waals surface area (Å²) >= 11 is 0. The van der Waals surface area contributed by atoms with E-state index >= 15 is 0 Å². The largest absolute Gasteiger partial charge is 0.481 e. The molecule has 0 spiro atoms. The second-order valence-corrected chi connectivity index (χ2v) is 7.17. The van der Waals surface area contributed by atoms with Crippen molar-refractivity contribution in [2.75, 3.05) is 40.5 Å². The number of carbonyl (C=O) groups is 3. The highest BCUT2D eigenvalue weighted by Gasteiger charge is 2.23. The molecule has 3 rings (SSSR count). The lowest BCUT2D eigenvalue weighted by molar-refractivity contribution is -0.140. The Morgan fingerprint density at radius 2 is 1.88 bits per heavy atom. The molecule has 0 bridgehead atoms. The number of rotatable bonds is 9. The fraction of sp³-hybridized carbons (Fsp3) is 0.316. The number of nitrogens with one attached hydrogen (secondary N) is 4. The van der Waals surface area contributed by atoms with Crippen LogP contribution in [0.2, 0.25) is 0 Å². The fourth-order valence-corrected chi connectivity index (χ4v) is 3.11. The van der Waals surface area contributed by atoms with Gasteiger partial charge in [-0.1, -0.05) is 0 Å². The van der Waals surface area contributed by atoms with Crippen molar-refractivity contribution >= 4 is 46.8 Å². The van der Waals surface area contributed by atoms with Crippen molar-refractivity contribution in [2.24, 2.45) is 0 Å². The smallest absolute Gasteiger partial charge is 0.326 e. The minimum atomic E-state index is -1.29. The molecule has 2 heterocycles. The summed E-state index contributed by atoms with van der Waals surface area (Å²) in [6.45, 7) is 1.10. The van der Waals surface area contributed by atoms with Gasteiger partial charge in [-0.2, -0.15) is 9.97 Å². The van der Waals surface area contributed by atoms with Crippen LogP contribution in [0.1, 0.15) is 23.2 Å². The lowest BCUT2D eigenvalue weighted by Gasteiger charge is -2.28. The number of nitrogen functional groups attached to an aromatic ring is 2. The maximum absolute atomic E-state index is 12.3.